The number of fused-ring (bicyclic) bond motifs is 5. The number of rotatable bonds is 2. The lowest BCUT2D eigenvalue weighted by molar-refractivity contribution is -0.114. The van der Waals surface area contributed by atoms with Crippen LogP contribution in [0.1, 0.15) is 69.8 Å². The highest BCUT2D eigenvalue weighted by atomic mass is 32.2. The van der Waals surface area contributed by atoms with Crippen molar-refractivity contribution in [2.45, 2.75) is 74.7 Å². The molecule has 0 amide bonds. The molecule has 168 valence electrons. The Morgan fingerprint density at radius 2 is 1.91 bits per heavy atom. The van der Waals surface area contributed by atoms with E-state index in [2.05, 4.69) is 44.0 Å². The standard InChI is InChI=1S/C29H34O2S/c1-18-13-15-31-29(18)14-12-26-24-10-6-20-16-21(30)7-11-23(20)27(24)25(17-28(26,29)2)19-4-8-22(32-3)9-5-19/h4-5,8-9,16,24-26H,1,6-7,10-15,17H2,2-3H3/t24-,25+,26-,28-,29-/m0/s1. The van der Waals surface area contributed by atoms with Gasteiger partial charge in [0.2, 0.25) is 0 Å². The van der Waals surface area contributed by atoms with Crippen molar-refractivity contribution in [3.8, 4) is 0 Å². The lowest BCUT2D eigenvalue weighted by Gasteiger charge is -2.55. The van der Waals surface area contributed by atoms with Crippen LogP contribution in [0.4, 0.5) is 0 Å². The molecule has 6 rings (SSSR count). The predicted molar refractivity (Wildman–Crippen MR) is 131 cm³/mol. The molecule has 1 aromatic carbocycles. The number of hydrogen-bond donors (Lipinski definition) is 0. The normalized spacial score (nSPS) is 38.6. The third-order valence-electron chi connectivity index (χ3n) is 9.70. The third-order valence-corrected chi connectivity index (χ3v) is 10.4. The average Bonchev–Trinajstić information content (AvgIpc) is 3.33. The number of carbonyl (C=O) groups excluding carboxylic acids is 1. The van der Waals surface area contributed by atoms with E-state index in [-0.39, 0.29) is 11.0 Å². The van der Waals surface area contributed by atoms with E-state index < -0.39 is 0 Å². The van der Waals surface area contributed by atoms with Crippen LogP contribution in [-0.4, -0.2) is 24.2 Å². The molecule has 3 fully saturated rings. The second-order valence-electron chi connectivity index (χ2n) is 10.8. The van der Waals surface area contributed by atoms with Crippen LogP contribution in [0.25, 0.3) is 0 Å². The summed E-state index contributed by atoms with van der Waals surface area (Å²) in [6.07, 6.45) is 12.5. The first-order valence-corrected chi connectivity index (χ1v) is 13.6. The molecule has 1 spiro atoms. The van der Waals surface area contributed by atoms with Crippen molar-refractivity contribution in [1.82, 2.24) is 0 Å². The van der Waals surface area contributed by atoms with Crippen molar-refractivity contribution in [2.24, 2.45) is 17.3 Å². The Bertz CT molecular complexity index is 1050. The molecule has 0 bridgehead atoms. The van der Waals surface area contributed by atoms with Gasteiger partial charge in [-0.25, -0.2) is 0 Å². The second kappa shape index (κ2) is 7.46. The Labute approximate surface area is 196 Å². The maximum Gasteiger partial charge on any atom is 0.156 e. The molecule has 2 saturated carbocycles. The molecule has 0 radical (unpaired) electrons. The summed E-state index contributed by atoms with van der Waals surface area (Å²) in [4.78, 5) is 13.5. The minimum absolute atomic E-state index is 0.129. The van der Waals surface area contributed by atoms with Gasteiger partial charge in [0, 0.05) is 22.6 Å². The van der Waals surface area contributed by atoms with Gasteiger partial charge in [0.1, 0.15) is 0 Å². The Hall–Kier alpha value is -1.58. The van der Waals surface area contributed by atoms with Crippen molar-refractivity contribution in [3.05, 3.63) is 64.8 Å². The van der Waals surface area contributed by atoms with Crippen molar-refractivity contribution in [2.75, 3.05) is 12.9 Å². The van der Waals surface area contributed by atoms with Gasteiger partial charge in [0.25, 0.3) is 0 Å². The fourth-order valence-corrected chi connectivity index (χ4v) is 8.66. The lowest BCUT2D eigenvalue weighted by Crippen LogP contribution is -2.52. The van der Waals surface area contributed by atoms with E-state index in [4.69, 9.17) is 4.74 Å². The number of ketones is 1. The molecule has 4 aliphatic carbocycles. The summed E-state index contributed by atoms with van der Waals surface area (Å²) in [7, 11) is 0. The molecule has 1 aromatic rings. The van der Waals surface area contributed by atoms with Gasteiger partial charge < -0.3 is 4.74 Å². The van der Waals surface area contributed by atoms with Crippen LogP contribution in [0.15, 0.2) is 64.1 Å². The number of allylic oxidation sites excluding steroid dienone is 4. The number of thioether (sulfide) groups is 1. The molecular formula is C29H34O2S. The Balaban J connectivity index is 1.52. The molecule has 0 N–H and O–H groups in total. The topological polar surface area (TPSA) is 26.3 Å². The predicted octanol–water partition coefficient (Wildman–Crippen LogP) is 7.02. The van der Waals surface area contributed by atoms with Crippen molar-refractivity contribution >= 4 is 17.5 Å². The lowest BCUT2D eigenvalue weighted by atomic mass is 9.50. The zero-order chi connectivity index (χ0) is 22.1. The summed E-state index contributed by atoms with van der Waals surface area (Å²) < 4.78 is 6.63. The van der Waals surface area contributed by atoms with Gasteiger partial charge in [-0.1, -0.05) is 31.2 Å². The van der Waals surface area contributed by atoms with Crippen LogP contribution >= 0.6 is 11.8 Å². The van der Waals surface area contributed by atoms with E-state index in [0.717, 1.165) is 38.7 Å². The van der Waals surface area contributed by atoms with Crippen LogP contribution < -0.4 is 0 Å². The molecule has 2 nitrogen and oxygen atoms in total. The van der Waals surface area contributed by atoms with E-state index in [9.17, 15) is 4.79 Å². The highest BCUT2D eigenvalue weighted by Crippen LogP contribution is 2.70. The molecule has 1 heterocycles. The fraction of sp³-hybridized carbons (Fsp3) is 0.552. The Morgan fingerprint density at radius 3 is 2.62 bits per heavy atom. The summed E-state index contributed by atoms with van der Waals surface area (Å²) >= 11 is 1.81. The second-order valence-corrected chi connectivity index (χ2v) is 11.7. The van der Waals surface area contributed by atoms with E-state index >= 15 is 0 Å². The largest absolute Gasteiger partial charge is 0.370 e. The maximum absolute atomic E-state index is 12.2. The van der Waals surface area contributed by atoms with Crippen LogP contribution in [0.3, 0.4) is 0 Å². The molecular weight excluding hydrogens is 412 g/mol. The number of ether oxygens (including phenoxy) is 1. The van der Waals surface area contributed by atoms with Gasteiger partial charge in [-0.05, 0) is 104 Å². The van der Waals surface area contributed by atoms with Crippen LogP contribution in [-0.2, 0) is 9.53 Å². The minimum atomic E-state index is -0.135. The Morgan fingerprint density at radius 1 is 1.09 bits per heavy atom. The first-order valence-electron chi connectivity index (χ1n) is 12.4. The maximum atomic E-state index is 12.2. The number of carbonyl (C=O) groups is 1. The summed E-state index contributed by atoms with van der Waals surface area (Å²) in [6, 6.07) is 9.30. The average molecular weight is 447 g/mol. The van der Waals surface area contributed by atoms with Crippen molar-refractivity contribution < 1.29 is 9.53 Å². The van der Waals surface area contributed by atoms with Gasteiger partial charge in [-0.15, -0.1) is 11.8 Å². The van der Waals surface area contributed by atoms with Gasteiger partial charge in [0.15, 0.2) is 5.78 Å². The Kier molecular flexibility index (Phi) is 4.90. The van der Waals surface area contributed by atoms with Gasteiger partial charge in [-0.3, -0.25) is 4.79 Å². The molecule has 3 heteroatoms. The SMILES string of the molecule is C=C1CCO[C@@]12CC[C@H]1[C@@H]3CCC4=CC(=O)CCC4=C3[C@@H](c3ccc(SC)cc3)C[C@@]12C. The van der Waals surface area contributed by atoms with E-state index in [1.807, 2.05) is 6.08 Å². The molecule has 0 unspecified atom stereocenters. The molecule has 1 aliphatic heterocycles. The minimum Gasteiger partial charge on any atom is -0.370 e. The van der Waals surface area contributed by atoms with Crippen molar-refractivity contribution in [3.63, 3.8) is 0 Å². The summed E-state index contributed by atoms with van der Waals surface area (Å²) in [5.41, 5.74) is 7.34. The fourth-order valence-electron chi connectivity index (χ4n) is 8.25. The third kappa shape index (κ3) is 2.80. The monoisotopic (exact) mass is 446 g/mol. The molecule has 5 atom stereocenters. The quantitative estimate of drug-likeness (QED) is 0.360. The zero-order valence-electron chi connectivity index (χ0n) is 19.4. The van der Waals surface area contributed by atoms with Gasteiger partial charge >= 0.3 is 0 Å². The molecule has 5 aliphatic rings. The van der Waals surface area contributed by atoms with Crippen LogP contribution in [0, 0.1) is 17.3 Å². The first kappa shape index (κ1) is 21.0. The number of benzene rings is 1. The smallest absolute Gasteiger partial charge is 0.156 e. The molecule has 32 heavy (non-hydrogen) atoms. The first-order chi connectivity index (χ1) is 15.5. The number of hydrogen-bond acceptors (Lipinski definition) is 3. The van der Waals surface area contributed by atoms with Crippen LogP contribution in [0.2, 0.25) is 0 Å². The van der Waals surface area contributed by atoms with E-state index in [1.54, 1.807) is 17.3 Å². The summed E-state index contributed by atoms with van der Waals surface area (Å²) in [6.45, 7) is 7.90. The van der Waals surface area contributed by atoms with Crippen molar-refractivity contribution in [1.29, 1.82) is 0 Å². The highest BCUT2D eigenvalue weighted by molar-refractivity contribution is 7.98. The van der Waals surface area contributed by atoms with Crippen LogP contribution in [0.5, 0.6) is 0 Å². The molecule has 1 saturated heterocycles. The van der Waals surface area contributed by atoms with E-state index in [0.29, 0.717) is 30.0 Å². The molecule has 0 aromatic heterocycles. The zero-order valence-corrected chi connectivity index (χ0v) is 20.2. The summed E-state index contributed by atoms with van der Waals surface area (Å²) in [5, 5.41) is 0. The highest BCUT2D eigenvalue weighted by Gasteiger charge is 2.65. The summed E-state index contributed by atoms with van der Waals surface area (Å²) in [5.74, 6) is 1.99. The van der Waals surface area contributed by atoms with E-state index in [1.165, 1.54) is 40.0 Å². The van der Waals surface area contributed by atoms with Gasteiger partial charge in [-0.2, -0.15) is 0 Å². The van der Waals surface area contributed by atoms with Gasteiger partial charge in [0.05, 0.1) is 12.2 Å².